The SMILES string of the molecule is C#CCN1C(=O)C(O)(CC(=O)c2cc(C)c(C)cc2C)c2ccccc21. The molecule has 0 aromatic heterocycles. The van der Waals surface area contributed by atoms with Crippen LogP contribution in [0.1, 0.15) is 39.0 Å². The number of aryl methyl sites for hydroxylation is 3. The van der Waals surface area contributed by atoms with E-state index in [-0.39, 0.29) is 18.7 Å². The molecule has 1 atom stereocenters. The maximum absolute atomic E-state index is 12.9. The number of ketones is 1. The van der Waals surface area contributed by atoms with Crippen LogP contribution in [0.15, 0.2) is 36.4 Å². The van der Waals surface area contributed by atoms with Crippen LogP contribution in [0, 0.1) is 33.1 Å². The molecule has 1 aliphatic rings. The maximum atomic E-state index is 12.9. The predicted molar refractivity (Wildman–Crippen MR) is 101 cm³/mol. The summed E-state index contributed by atoms with van der Waals surface area (Å²) in [5.41, 5.74) is 2.55. The van der Waals surface area contributed by atoms with Crippen molar-refractivity contribution in [3.05, 3.63) is 64.2 Å². The standard InChI is InChI=1S/C22H21NO3/c1-5-10-23-19-9-7-6-8-18(19)22(26,21(23)25)13-20(24)17-12-15(3)14(2)11-16(17)4/h1,6-9,11-12,26H,10,13H2,2-4H3. The first-order valence-electron chi connectivity index (χ1n) is 8.48. The molecule has 0 fully saturated rings. The van der Waals surface area contributed by atoms with Crippen molar-refractivity contribution < 1.29 is 14.7 Å². The van der Waals surface area contributed by atoms with Gasteiger partial charge in [-0.25, -0.2) is 0 Å². The average molecular weight is 347 g/mol. The van der Waals surface area contributed by atoms with Crippen LogP contribution in [0.25, 0.3) is 0 Å². The van der Waals surface area contributed by atoms with Crippen LogP contribution in [0.3, 0.4) is 0 Å². The van der Waals surface area contributed by atoms with Gasteiger partial charge in [0, 0.05) is 11.1 Å². The number of nitrogens with zero attached hydrogens (tertiary/aromatic N) is 1. The lowest BCUT2D eigenvalue weighted by molar-refractivity contribution is -0.135. The monoisotopic (exact) mass is 347 g/mol. The third-order valence-electron chi connectivity index (χ3n) is 5.05. The molecule has 132 valence electrons. The van der Waals surface area contributed by atoms with Crippen LogP contribution in [0.2, 0.25) is 0 Å². The summed E-state index contributed by atoms with van der Waals surface area (Å²) in [5.74, 6) is 1.62. The molecule has 0 saturated carbocycles. The van der Waals surface area contributed by atoms with E-state index in [0.29, 0.717) is 16.8 Å². The van der Waals surface area contributed by atoms with Gasteiger partial charge in [0.25, 0.3) is 5.91 Å². The number of para-hydroxylation sites is 1. The first-order valence-corrected chi connectivity index (χ1v) is 8.48. The molecule has 1 unspecified atom stereocenters. The molecule has 0 spiro atoms. The number of rotatable bonds is 4. The molecule has 0 saturated heterocycles. The topological polar surface area (TPSA) is 57.6 Å². The Balaban J connectivity index is 2.01. The fourth-order valence-corrected chi connectivity index (χ4v) is 3.51. The van der Waals surface area contributed by atoms with Gasteiger partial charge in [0.15, 0.2) is 11.4 Å². The lowest BCUT2D eigenvalue weighted by Crippen LogP contribution is -2.42. The van der Waals surface area contributed by atoms with Crippen LogP contribution in [-0.4, -0.2) is 23.3 Å². The number of benzene rings is 2. The number of Topliss-reactive ketones (excluding diaryl/α,β-unsaturated/α-hetero) is 1. The number of terminal acetylenes is 1. The Morgan fingerprint density at radius 1 is 1.15 bits per heavy atom. The molecule has 1 N–H and O–H groups in total. The molecular formula is C22H21NO3. The van der Waals surface area contributed by atoms with Gasteiger partial charge < -0.3 is 5.11 Å². The highest BCUT2D eigenvalue weighted by atomic mass is 16.3. The van der Waals surface area contributed by atoms with E-state index in [1.54, 1.807) is 24.3 Å². The molecular weight excluding hydrogens is 326 g/mol. The summed E-state index contributed by atoms with van der Waals surface area (Å²) in [6.07, 6.45) is 5.05. The Kier molecular flexibility index (Phi) is 4.43. The Morgan fingerprint density at radius 3 is 2.50 bits per heavy atom. The van der Waals surface area contributed by atoms with Gasteiger partial charge in [0.1, 0.15) is 0 Å². The molecule has 4 heteroatoms. The van der Waals surface area contributed by atoms with Gasteiger partial charge in [-0.05, 0) is 49.6 Å². The van der Waals surface area contributed by atoms with E-state index >= 15 is 0 Å². The highest BCUT2D eigenvalue weighted by Crippen LogP contribution is 2.42. The van der Waals surface area contributed by atoms with E-state index in [1.165, 1.54) is 4.90 Å². The Hall–Kier alpha value is -2.90. The third kappa shape index (κ3) is 2.71. The maximum Gasteiger partial charge on any atom is 0.265 e. The zero-order chi connectivity index (χ0) is 19.1. The number of fused-ring (bicyclic) bond motifs is 1. The molecule has 0 radical (unpaired) electrons. The van der Waals surface area contributed by atoms with Crippen LogP contribution in [0.5, 0.6) is 0 Å². The summed E-state index contributed by atoms with van der Waals surface area (Å²) in [4.78, 5) is 27.2. The molecule has 1 amide bonds. The van der Waals surface area contributed by atoms with Crippen LogP contribution in [-0.2, 0) is 10.4 Å². The lowest BCUT2D eigenvalue weighted by atomic mass is 9.86. The van der Waals surface area contributed by atoms with Crippen molar-refractivity contribution in [2.45, 2.75) is 32.8 Å². The van der Waals surface area contributed by atoms with Gasteiger partial charge in [-0.3, -0.25) is 14.5 Å². The molecule has 1 heterocycles. The van der Waals surface area contributed by atoms with Crippen molar-refractivity contribution in [1.29, 1.82) is 0 Å². The molecule has 4 nitrogen and oxygen atoms in total. The average Bonchev–Trinajstić information content (AvgIpc) is 2.81. The molecule has 2 aromatic carbocycles. The van der Waals surface area contributed by atoms with E-state index in [2.05, 4.69) is 5.92 Å². The fourth-order valence-electron chi connectivity index (χ4n) is 3.51. The van der Waals surface area contributed by atoms with Crippen LogP contribution < -0.4 is 4.90 Å². The van der Waals surface area contributed by atoms with E-state index in [4.69, 9.17) is 6.42 Å². The summed E-state index contributed by atoms with van der Waals surface area (Å²) in [5, 5.41) is 11.2. The molecule has 26 heavy (non-hydrogen) atoms. The predicted octanol–water partition coefficient (Wildman–Crippen LogP) is 3.05. The molecule has 1 aliphatic heterocycles. The fraction of sp³-hybridized carbons (Fsp3) is 0.273. The molecule has 2 aromatic rings. The van der Waals surface area contributed by atoms with Gasteiger partial charge in [-0.1, -0.05) is 30.2 Å². The minimum absolute atomic E-state index is 0.0506. The van der Waals surface area contributed by atoms with Crippen molar-refractivity contribution in [2.75, 3.05) is 11.4 Å². The third-order valence-corrected chi connectivity index (χ3v) is 5.05. The first-order chi connectivity index (χ1) is 12.3. The summed E-state index contributed by atoms with van der Waals surface area (Å²) >= 11 is 0. The normalized spacial score (nSPS) is 18.6. The van der Waals surface area contributed by atoms with Crippen molar-refractivity contribution in [3.8, 4) is 12.3 Å². The van der Waals surface area contributed by atoms with Gasteiger partial charge >= 0.3 is 0 Å². The van der Waals surface area contributed by atoms with Crippen LogP contribution in [0.4, 0.5) is 5.69 Å². The van der Waals surface area contributed by atoms with E-state index in [9.17, 15) is 14.7 Å². The Morgan fingerprint density at radius 2 is 1.81 bits per heavy atom. The molecule has 0 aliphatic carbocycles. The quantitative estimate of drug-likeness (QED) is 0.683. The van der Waals surface area contributed by atoms with Crippen molar-refractivity contribution >= 4 is 17.4 Å². The van der Waals surface area contributed by atoms with Crippen molar-refractivity contribution in [3.63, 3.8) is 0 Å². The summed E-state index contributed by atoms with van der Waals surface area (Å²) in [6.45, 7) is 5.83. The highest BCUT2D eigenvalue weighted by Gasteiger charge is 2.50. The number of hydrogen-bond acceptors (Lipinski definition) is 3. The first kappa shape index (κ1) is 17.9. The number of aliphatic hydroxyl groups is 1. The van der Waals surface area contributed by atoms with Gasteiger partial charge in [-0.15, -0.1) is 6.42 Å². The Bertz CT molecular complexity index is 954. The number of hydrogen-bond donors (Lipinski definition) is 1. The van der Waals surface area contributed by atoms with Gasteiger partial charge in [0.2, 0.25) is 0 Å². The minimum Gasteiger partial charge on any atom is -0.375 e. The number of anilines is 1. The molecule has 3 rings (SSSR count). The summed E-state index contributed by atoms with van der Waals surface area (Å²) in [6, 6.07) is 10.7. The zero-order valence-corrected chi connectivity index (χ0v) is 15.2. The second kappa shape index (κ2) is 6.44. The highest BCUT2D eigenvalue weighted by molar-refractivity contribution is 6.11. The second-order valence-electron chi connectivity index (χ2n) is 6.82. The van der Waals surface area contributed by atoms with Gasteiger partial charge in [0.05, 0.1) is 18.7 Å². The van der Waals surface area contributed by atoms with E-state index < -0.39 is 11.5 Å². The van der Waals surface area contributed by atoms with E-state index in [0.717, 1.165) is 16.7 Å². The minimum atomic E-state index is -1.89. The number of carbonyl (C=O) groups excluding carboxylic acids is 2. The largest absolute Gasteiger partial charge is 0.375 e. The van der Waals surface area contributed by atoms with Crippen molar-refractivity contribution in [2.24, 2.45) is 0 Å². The summed E-state index contributed by atoms with van der Waals surface area (Å²) in [7, 11) is 0. The smallest absolute Gasteiger partial charge is 0.265 e. The van der Waals surface area contributed by atoms with Crippen molar-refractivity contribution in [1.82, 2.24) is 0 Å². The number of carbonyl (C=O) groups is 2. The second-order valence-corrected chi connectivity index (χ2v) is 6.82. The Labute approximate surface area is 153 Å². The summed E-state index contributed by atoms with van der Waals surface area (Å²) < 4.78 is 0. The van der Waals surface area contributed by atoms with Gasteiger partial charge in [-0.2, -0.15) is 0 Å². The molecule has 0 bridgehead atoms. The lowest BCUT2D eigenvalue weighted by Gasteiger charge is -2.22. The zero-order valence-electron chi connectivity index (χ0n) is 15.2. The van der Waals surface area contributed by atoms with E-state index in [1.807, 2.05) is 32.9 Å². The number of amides is 1. The van der Waals surface area contributed by atoms with Crippen LogP contribution >= 0.6 is 0 Å².